The van der Waals surface area contributed by atoms with Gasteiger partial charge in [0.25, 0.3) is 0 Å². The minimum Gasteiger partial charge on any atom is -0.280 e. The zero-order valence-corrected chi connectivity index (χ0v) is 11.3. The van der Waals surface area contributed by atoms with Crippen LogP contribution in [0.5, 0.6) is 0 Å². The maximum absolute atomic E-state index is 2.45. The Morgan fingerprint density at radius 3 is 2.18 bits per heavy atom. The van der Waals surface area contributed by atoms with Crippen LogP contribution in [0, 0.1) is 5.92 Å². The van der Waals surface area contributed by atoms with Crippen LogP contribution in [0.3, 0.4) is 0 Å². The van der Waals surface area contributed by atoms with Crippen LogP contribution in [0.25, 0.3) is 0 Å². The molecule has 1 heterocycles. The summed E-state index contributed by atoms with van der Waals surface area (Å²) >= 11 is 0. The topological polar surface area (TPSA) is 6.48 Å². The number of rotatable bonds is 5. The Labute approximate surface area is 105 Å². The van der Waals surface area contributed by atoms with Crippen molar-refractivity contribution in [2.45, 2.75) is 33.2 Å². The first-order valence-electron chi connectivity index (χ1n) is 6.62. The molecule has 0 aromatic heterocycles. The van der Waals surface area contributed by atoms with Crippen molar-refractivity contribution in [1.29, 1.82) is 0 Å². The van der Waals surface area contributed by atoms with Crippen LogP contribution < -0.4 is 0 Å². The fourth-order valence-electron chi connectivity index (χ4n) is 2.27. The predicted molar refractivity (Wildman–Crippen MR) is 72.6 cm³/mol. The summed E-state index contributed by atoms with van der Waals surface area (Å²) in [5.74, 6) is 0.798. The molecular formula is C15H24N2. The Balaban J connectivity index is 1.81. The van der Waals surface area contributed by atoms with Gasteiger partial charge in [-0.15, -0.1) is 0 Å². The fourth-order valence-corrected chi connectivity index (χ4v) is 2.27. The number of nitrogens with zero attached hydrogens (tertiary/aromatic N) is 2. The summed E-state index contributed by atoms with van der Waals surface area (Å²) < 4.78 is 0. The van der Waals surface area contributed by atoms with Crippen molar-refractivity contribution in [3.05, 3.63) is 35.4 Å². The van der Waals surface area contributed by atoms with Gasteiger partial charge in [-0.3, -0.25) is 9.80 Å². The smallest absolute Gasteiger partial charge is 0.0530 e. The van der Waals surface area contributed by atoms with Gasteiger partial charge in [-0.05, 0) is 36.9 Å². The molecule has 0 aliphatic carbocycles. The highest BCUT2D eigenvalue weighted by molar-refractivity contribution is 5.22. The van der Waals surface area contributed by atoms with Crippen molar-refractivity contribution in [3.63, 3.8) is 0 Å². The highest BCUT2D eigenvalue weighted by Gasteiger charge is 2.19. The normalized spacial score (nSPS) is 17.4. The van der Waals surface area contributed by atoms with E-state index in [1.165, 1.54) is 24.0 Å². The lowest BCUT2D eigenvalue weighted by Gasteiger charge is -2.39. The van der Waals surface area contributed by atoms with Crippen LogP contribution in [0.2, 0.25) is 0 Å². The Morgan fingerprint density at radius 2 is 1.65 bits per heavy atom. The Bertz CT molecular complexity index is 336. The number of benzene rings is 1. The molecule has 1 fully saturated rings. The van der Waals surface area contributed by atoms with E-state index in [0.29, 0.717) is 0 Å². The van der Waals surface area contributed by atoms with Gasteiger partial charge >= 0.3 is 0 Å². The molecule has 0 amide bonds. The number of hydrogen-bond acceptors (Lipinski definition) is 2. The zero-order valence-electron chi connectivity index (χ0n) is 11.3. The van der Waals surface area contributed by atoms with Crippen LogP contribution >= 0.6 is 0 Å². The van der Waals surface area contributed by atoms with Gasteiger partial charge in [0, 0.05) is 6.54 Å². The first-order chi connectivity index (χ1) is 8.13. The van der Waals surface area contributed by atoms with Crippen molar-refractivity contribution >= 4 is 0 Å². The Kier molecular flexibility index (Phi) is 4.19. The largest absolute Gasteiger partial charge is 0.280 e. The van der Waals surface area contributed by atoms with E-state index in [9.17, 15) is 0 Å². The Morgan fingerprint density at radius 1 is 1.06 bits per heavy atom. The van der Waals surface area contributed by atoms with E-state index in [2.05, 4.69) is 55.0 Å². The molecule has 0 spiro atoms. The second-order valence-corrected chi connectivity index (χ2v) is 5.72. The predicted octanol–water partition coefficient (Wildman–Crippen LogP) is 2.94. The molecule has 0 bridgehead atoms. The van der Waals surface area contributed by atoms with E-state index in [-0.39, 0.29) is 0 Å². The SMILES string of the molecule is CC(C)CCc1ccc(CN2CN(C)C2)cc1. The van der Waals surface area contributed by atoms with Crippen molar-refractivity contribution < 1.29 is 0 Å². The van der Waals surface area contributed by atoms with Gasteiger partial charge < -0.3 is 0 Å². The van der Waals surface area contributed by atoms with Crippen LogP contribution in [-0.4, -0.2) is 30.2 Å². The summed E-state index contributed by atoms with van der Waals surface area (Å²) in [6.45, 7) is 7.88. The molecule has 2 heteroatoms. The second-order valence-electron chi connectivity index (χ2n) is 5.72. The molecular weight excluding hydrogens is 208 g/mol. The lowest BCUT2D eigenvalue weighted by atomic mass is 10.0. The molecule has 0 N–H and O–H groups in total. The van der Waals surface area contributed by atoms with Gasteiger partial charge in [0.1, 0.15) is 0 Å². The van der Waals surface area contributed by atoms with E-state index in [1.807, 2.05) is 0 Å². The van der Waals surface area contributed by atoms with E-state index in [0.717, 1.165) is 25.8 Å². The summed E-state index contributed by atoms with van der Waals surface area (Å²) in [5, 5.41) is 0. The third-order valence-corrected chi connectivity index (χ3v) is 3.32. The van der Waals surface area contributed by atoms with Crippen molar-refractivity contribution in [3.8, 4) is 0 Å². The first kappa shape index (κ1) is 12.6. The molecule has 0 atom stereocenters. The van der Waals surface area contributed by atoms with Crippen LogP contribution in [-0.2, 0) is 13.0 Å². The molecule has 2 rings (SSSR count). The zero-order chi connectivity index (χ0) is 12.3. The molecule has 1 aromatic carbocycles. The minimum absolute atomic E-state index is 0.798. The van der Waals surface area contributed by atoms with Gasteiger partial charge in [-0.1, -0.05) is 38.1 Å². The van der Waals surface area contributed by atoms with Crippen LogP contribution in [0.15, 0.2) is 24.3 Å². The van der Waals surface area contributed by atoms with Gasteiger partial charge in [0.2, 0.25) is 0 Å². The average Bonchev–Trinajstić information content (AvgIpc) is 2.26. The van der Waals surface area contributed by atoms with Gasteiger partial charge in [-0.25, -0.2) is 0 Å². The lowest BCUT2D eigenvalue weighted by molar-refractivity contribution is -0.0153. The highest BCUT2D eigenvalue weighted by Crippen LogP contribution is 2.14. The van der Waals surface area contributed by atoms with Crippen LogP contribution in [0.4, 0.5) is 0 Å². The summed E-state index contributed by atoms with van der Waals surface area (Å²) in [6, 6.07) is 9.16. The third-order valence-electron chi connectivity index (χ3n) is 3.32. The van der Waals surface area contributed by atoms with E-state index in [1.54, 1.807) is 0 Å². The van der Waals surface area contributed by atoms with Crippen LogP contribution in [0.1, 0.15) is 31.4 Å². The van der Waals surface area contributed by atoms with E-state index >= 15 is 0 Å². The summed E-state index contributed by atoms with van der Waals surface area (Å²) in [6.07, 6.45) is 2.50. The van der Waals surface area contributed by atoms with Gasteiger partial charge in [0.05, 0.1) is 13.3 Å². The monoisotopic (exact) mass is 232 g/mol. The van der Waals surface area contributed by atoms with Crippen molar-refractivity contribution in [2.24, 2.45) is 5.92 Å². The molecule has 17 heavy (non-hydrogen) atoms. The van der Waals surface area contributed by atoms with Crippen molar-refractivity contribution in [2.75, 3.05) is 20.4 Å². The molecule has 1 aromatic rings. The van der Waals surface area contributed by atoms with Gasteiger partial charge in [0.15, 0.2) is 0 Å². The molecule has 1 saturated heterocycles. The third kappa shape index (κ3) is 3.83. The maximum atomic E-state index is 2.45. The minimum atomic E-state index is 0.798. The number of aryl methyl sites for hydroxylation is 1. The molecule has 1 aliphatic rings. The van der Waals surface area contributed by atoms with E-state index < -0.39 is 0 Å². The quantitative estimate of drug-likeness (QED) is 0.770. The highest BCUT2D eigenvalue weighted by atomic mass is 15.5. The summed E-state index contributed by atoms with van der Waals surface area (Å²) in [7, 11) is 2.16. The fraction of sp³-hybridized carbons (Fsp3) is 0.600. The standard InChI is InChI=1S/C15H24N2/c1-13(2)4-5-14-6-8-15(9-7-14)10-17-11-16(3)12-17/h6-9,13H,4-5,10-12H2,1-3H3. The van der Waals surface area contributed by atoms with Gasteiger partial charge in [-0.2, -0.15) is 0 Å². The van der Waals surface area contributed by atoms with E-state index in [4.69, 9.17) is 0 Å². The summed E-state index contributed by atoms with van der Waals surface area (Å²) in [5.41, 5.74) is 2.91. The number of hydrogen-bond donors (Lipinski definition) is 0. The maximum Gasteiger partial charge on any atom is 0.0530 e. The molecule has 0 unspecified atom stereocenters. The second kappa shape index (κ2) is 5.65. The van der Waals surface area contributed by atoms with Crippen molar-refractivity contribution in [1.82, 2.24) is 9.80 Å². The summed E-state index contributed by atoms with van der Waals surface area (Å²) in [4.78, 5) is 4.76. The molecule has 2 nitrogen and oxygen atoms in total. The lowest BCUT2D eigenvalue weighted by Crippen LogP contribution is -2.52. The first-order valence-corrected chi connectivity index (χ1v) is 6.62. The molecule has 94 valence electrons. The molecule has 0 radical (unpaired) electrons. The molecule has 1 aliphatic heterocycles. The average molecular weight is 232 g/mol. The Hall–Kier alpha value is -0.860. The molecule has 0 saturated carbocycles.